The number of benzene rings is 1. The quantitative estimate of drug-likeness (QED) is 0.535. The molecule has 0 saturated carbocycles. The van der Waals surface area contributed by atoms with E-state index in [2.05, 4.69) is 16.9 Å². The van der Waals surface area contributed by atoms with E-state index in [1.807, 2.05) is 43.3 Å². The molecule has 1 aromatic heterocycles. The van der Waals surface area contributed by atoms with E-state index in [1.165, 1.54) is 0 Å². The predicted octanol–water partition coefficient (Wildman–Crippen LogP) is 4.41. The lowest BCUT2D eigenvalue weighted by atomic mass is 10.3. The molecule has 2 aromatic rings. The molecule has 0 fully saturated rings. The molecular formula is C18H22N2O2. The van der Waals surface area contributed by atoms with Gasteiger partial charge >= 0.3 is 0 Å². The molecule has 0 aliphatic carbocycles. The molecule has 22 heavy (non-hydrogen) atoms. The highest BCUT2D eigenvalue weighted by atomic mass is 16.5. The van der Waals surface area contributed by atoms with Gasteiger partial charge in [0, 0.05) is 0 Å². The second-order valence-corrected chi connectivity index (χ2v) is 4.81. The van der Waals surface area contributed by atoms with Crippen molar-refractivity contribution in [1.29, 1.82) is 0 Å². The van der Waals surface area contributed by atoms with Crippen LogP contribution in [0.2, 0.25) is 0 Å². The summed E-state index contributed by atoms with van der Waals surface area (Å²) < 4.78 is 11.0. The van der Waals surface area contributed by atoms with Crippen LogP contribution >= 0.6 is 0 Å². The molecule has 2 rings (SSSR count). The van der Waals surface area contributed by atoms with E-state index >= 15 is 0 Å². The molecule has 0 aliphatic rings. The van der Waals surface area contributed by atoms with Crippen molar-refractivity contribution in [3.63, 3.8) is 0 Å². The molecule has 0 saturated heterocycles. The molecule has 0 bridgehead atoms. The Bertz CT molecular complexity index is 577. The van der Waals surface area contributed by atoms with E-state index in [1.54, 1.807) is 12.4 Å². The van der Waals surface area contributed by atoms with Crippen LogP contribution in [-0.2, 0) is 0 Å². The molecule has 116 valence electrons. The van der Waals surface area contributed by atoms with Crippen molar-refractivity contribution in [2.45, 2.75) is 26.7 Å². The highest BCUT2D eigenvalue weighted by Gasteiger charge is 1.96. The Morgan fingerprint density at radius 3 is 2.41 bits per heavy atom. The third-order valence-corrected chi connectivity index (χ3v) is 3.02. The Morgan fingerprint density at radius 1 is 1.00 bits per heavy atom. The third-order valence-electron chi connectivity index (χ3n) is 3.02. The number of aliphatic imine (C=N–C) groups is 1. The number of aromatic nitrogens is 1. The van der Waals surface area contributed by atoms with E-state index in [0.29, 0.717) is 6.61 Å². The number of unbranched alkanes of at least 4 members (excludes halogenated alkanes) is 1. The molecule has 4 heteroatoms. The first-order valence-corrected chi connectivity index (χ1v) is 7.67. The van der Waals surface area contributed by atoms with Gasteiger partial charge in [-0.2, -0.15) is 0 Å². The zero-order valence-electron chi connectivity index (χ0n) is 13.2. The summed E-state index contributed by atoms with van der Waals surface area (Å²) in [5, 5.41) is 0. The van der Waals surface area contributed by atoms with Crippen molar-refractivity contribution in [3.8, 4) is 11.5 Å². The zero-order chi connectivity index (χ0) is 15.6. The number of hydrogen-bond donors (Lipinski definition) is 0. The number of nitrogens with zero attached hydrogens (tertiary/aromatic N) is 2. The Hall–Kier alpha value is -2.36. The maximum absolute atomic E-state index is 5.58. The molecule has 0 atom stereocenters. The van der Waals surface area contributed by atoms with Crippen molar-refractivity contribution < 1.29 is 9.47 Å². The first-order valence-electron chi connectivity index (χ1n) is 7.67. The Labute approximate surface area is 131 Å². The molecule has 1 aromatic carbocycles. The Morgan fingerprint density at radius 2 is 1.77 bits per heavy atom. The molecule has 0 spiro atoms. The lowest BCUT2D eigenvalue weighted by Gasteiger charge is -2.04. The minimum atomic E-state index is 0.666. The number of rotatable bonds is 8. The SMILES string of the molecule is CCCCOc1ccc(C=Nc2ccc(OCC)cc2)nc1. The molecular weight excluding hydrogens is 276 g/mol. The van der Waals surface area contributed by atoms with E-state index in [-0.39, 0.29) is 0 Å². The van der Waals surface area contributed by atoms with Crippen LogP contribution in [0.15, 0.2) is 47.6 Å². The largest absolute Gasteiger partial charge is 0.494 e. The topological polar surface area (TPSA) is 43.7 Å². The van der Waals surface area contributed by atoms with Crippen molar-refractivity contribution >= 4 is 11.9 Å². The maximum atomic E-state index is 5.58. The van der Waals surface area contributed by atoms with Gasteiger partial charge in [0.05, 0.1) is 37.0 Å². The minimum Gasteiger partial charge on any atom is -0.494 e. The van der Waals surface area contributed by atoms with E-state index in [0.717, 1.165) is 42.3 Å². The van der Waals surface area contributed by atoms with Crippen LogP contribution in [0, 0.1) is 0 Å². The summed E-state index contributed by atoms with van der Waals surface area (Å²) in [4.78, 5) is 8.72. The summed E-state index contributed by atoms with van der Waals surface area (Å²) in [5.41, 5.74) is 1.67. The summed E-state index contributed by atoms with van der Waals surface area (Å²) in [7, 11) is 0. The lowest BCUT2D eigenvalue weighted by Crippen LogP contribution is -1.97. The summed E-state index contributed by atoms with van der Waals surface area (Å²) >= 11 is 0. The van der Waals surface area contributed by atoms with E-state index < -0.39 is 0 Å². The summed E-state index contributed by atoms with van der Waals surface area (Å²) in [5.74, 6) is 1.65. The van der Waals surface area contributed by atoms with Gasteiger partial charge < -0.3 is 9.47 Å². The molecule has 4 nitrogen and oxygen atoms in total. The number of ether oxygens (including phenoxy) is 2. The van der Waals surface area contributed by atoms with E-state index in [9.17, 15) is 0 Å². The molecule has 0 radical (unpaired) electrons. The standard InChI is InChI=1S/C18H22N2O2/c1-3-5-12-22-18-11-8-16(20-14-18)13-19-15-6-9-17(10-7-15)21-4-2/h6-11,13-14H,3-5,12H2,1-2H3. The maximum Gasteiger partial charge on any atom is 0.137 e. The fraction of sp³-hybridized carbons (Fsp3) is 0.333. The molecule has 0 unspecified atom stereocenters. The fourth-order valence-electron chi connectivity index (χ4n) is 1.82. The van der Waals surface area contributed by atoms with Gasteiger partial charge in [-0.1, -0.05) is 13.3 Å². The van der Waals surface area contributed by atoms with Crippen LogP contribution < -0.4 is 9.47 Å². The van der Waals surface area contributed by atoms with Crippen LogP contribution in [0.25, 0.3) is 0 Å². The smallest absolute Gasteiger partial charge is 0.137 e. The van der Waals surface area contributed by atoms with Crippen LogP contribution in [0.3, 0.4) is 0 Å². The normalized spacial score (nSPS) is 10.8. The third kappa shape index (κ3) is 5.20. The van der Waals surface area contributed by atoms with Crippen LogP contribution in [0.4, 0.5) is 5.69 Å². The fourth-order valence-corrected chi connectivity index (χ4v) is 1.82. The van der Waals surface area contributed by atoms with Gasteiger partial charge in [-0.3, -0.25) is 9.98 Å². The van der Waals surface area contributed by atoms with Gasteiger partial charge in [-0.05, 0) is 49.7 Å². The Kier molecular flexibility index (Phi) is 6.42. The predicted molar refractivity (Wildman–Crippen MR) is 89.5 cm³/mol. The molecule has 0 aliphatic heterocycles. The first kappa shape index (κ1) is 16.0. The van der Waals surface area contributed by atoms with E-state index in [4.69, 9.17) is 9.47 Å². The average Bonchev–Trinajstić information content (AvgIpc) is 2.56. The van der Waals surface area contributed by atoms with Gasteiger partial charge in [0.2, 0.25) is 0 Å². The van der Waals surface area contributed by atoms with Crippen molar-refractivity contribution in [3.05, 3.63) is 48.3 Å². The average molecular weight is 298 g/mol. The lowest BCUT2D eigenvalue weighted by molar-refractivity contribution is 0.308. The summed E-state index contributed by atoms with van der Waals surface area (Å²) in [6.07, 6.45) is 5.65. The molecule has 0 N–H and O–H groups in total. The van der Waals surface area contributed by atoms with Crippen molar-refractivity contribution in [1.82, 2.24) is 4.98 Å². The minimum absolute atomic E-state index is 0.666. The zero-order valence-corrected chi connectivity index (χ0v) is 13.2. The van der Waals surface area contributed by atoms with Crippen LogP contribution in [0.1, 0.15) is 32.4 Å². The van der Waals surface area contributed by atoms with Gasteiger partial charge in [0.15, 0.2) is 0 Å². The van der Waals surface area contributed by atoms with Gasteiger partial charge in [0.25, 0.3) is 0 Å². The van der Waals surface area contributed by atoms with Crippen LogP contribution in [0.5, 0.6) is 11.5 Å². The Balaban J connectivity index is 1.92. The highest BCUT2D eigenvalue weighted by Crippen LogP contribution is 2.18. The monoisotopic (exact) mass is 298 g/mol. The number of hydrogen-bond acceptors (Lipinski definition) is 4. The first-order chi connectivity index (χ1) is 10.8. The van der Waals surface area contributed by atoms with Gasteiger partial charge in [-0.25, -0.2) is 0 Å². The molecule has 0 amide bonds. The second kappa shape index (κ2) is 8.82. The summed E-state index contributed by atoms with van der Waals surface area (Å²) in [6, 6.07) is 11.5. The molecule has 1 heterocycles. The van der Waals surface area contributed by atoms with Crippen molar-refractivity contribution in [2.24, 2.45) is 4.99 Å². The van der Waals surface area contributed by atoms with Crippen molar-refractivity contribution in [2.75, 3.05) is 13.2 Å². The van der Waals surface area contributed by atoms with Gasteiger partial charge in [-0.15, -0.1) is 0 Å². The van der Waals surface area contributed by atoms with Gasteiger partial charge in [0.1, 0.15) is 11.5 Å². The second-order valence-electron chi connectivity index (χ2n) is 4.81. The number of pyridine rings is 1. The highest BCUT2D eigenvalue weighted by molar-refractivity contribution is 5.79. The summed E-state index contributed by atoms with van der Waals surface area (Å²) in [6.45, 7) is 5.51. The van der Waals surface area contributed by atoms with Crippen LogP contribution in [-0.4, -0.2) is 24.4 Å².